The first-order chi connectivity index (χ1) is 7.34. The van der Waals surface area contributed by atoms with Gasteiger partial charge in [-0.15, -0.1) is 0 Å². The Balaban J connectivity index is 1.93. The summed E-state index contributed by atoms with van der Waals surface area (Å²) in [5.74, 6) is 0.887. The monoisotopic (exact) mass is 202 g/mol. The van der Waals surface area contributed by atoms with Crippen LogP contribution in [-0.2, 0) is 0 Å². The summed E-state index contributed by atoms with van der Waals surface area (Å²) in [5, 5.41) is 3.54. The summed E-state index contributed by atoms with van der Waals surface area (Å²) in [7, 11) is 0. The quantitative estimate of drug-likeness (QED) is 0.696. The Kier molecular flexibility index (Phi) is 2.08. The zero-order chi connectivity index (χ0) is 10.3. The second-order valence-electron chi connectivity index (χ2n) is 4.87. The molecule has 0 radical (unpaired) electrons. The minimum absolute atomic E-state index is 0.712. The fraction of sp³-hybridized carbons (Fsp3) is 0.538. The van der Waals surface area contributed by atoms with Gasteiger partial charge in [0, 0.05) is 19.1 Å². The topological polar surface area (TPSA) is 15.3 Å². The number of benzene rings is 1. The average molecular weight is 202 g/mol. The van der Waals surface area contributed by atoms with E-state index in [1.165, 1.54) is 30.8 Å². The van der Waals surface area contributed by atoms with Gasteiger partial charge in [0.1, 0.15) is 0 Å². The van der Waals surface area contributed by atoms with Crippen LogP contribution >= 0.6 is 0 Å². The van der Waals surface area contributed by atoms with E-state index < -0.39 is 0 Å². The molecule has 2 atom stereocenters. The molecule has 2 aliphatic rings. The van der Waals surface area contributed by atoms with Crippen molar-refractivity contribution in [3.63, 3.8) is 0 Å². The number of nitrogens with one attached hydrogen (secondary N) is 1. The molecule has 0 amide bonds. The molecule has 1 aromatic rings. The molecule has 2 nitrogen and oxygen atoms in total. The molecule has 80 valence electrons. The molecule has 3 rings (SSSR count). The minimum Gasteiger partial charge on any atom is -0.381 e. The third-order valence-electron chi connectivity index (χ3n) is 3.72. The Bertz CT molecular complexity index is 361. The Labute approximate surface area is 91.3 Å². The number of piperidine rings is 1. The van der Waals surface area contributed by atoms with E-state index in [9.17, 15) is 0 Å². The van der Waals surface area contributed by atoms with Gasteiger partial charge in [0.05, 0.1) is 11.4 Å². The lowest BCUT2D eigenvalue weighted by molar-refractivity contribution is 0.367. The van der Waals surface area contributed by atoms with Gasteiger partial charge in [-0.05, 0) is 30.9 Å². The van der Waals surface area contributed by atoms with Gasteiger partial charge < -0.3 is 10.2 Å². The van der Waals surface area contributed by atoms with E-state index in [2.05, 4.69) is 41.4 Å². The predicted octanol–water partition coefficient (Wildman–Crippen LogP) is 2.72. The van der Waals surface area contributed by atoms with Gasteiger partial charge in [-0.1, -0.05) is 19.1 Å². The summed E-state index contributed by atoms with van der Waals surface area (Å²) in [4.78, 5) is 2.59. The average Bonchev–Trinajstić information content (AvgIpc) is 2.28. The molecular weight excluding hydrogens is 184 g/mol. The van der Waals surface area contributed by atoms with Crippen LogP contribution in [0.2, 0.25) is 0 Å². The molecule has 0 bridgehead atoms. The van der Waals surface area contributed by atoms with Crippen LogP contribution in [0.15, 0.2) is 24.3 Å². The summed E-state index contributed by atoms with van der Waals surface area (Å²) in [6.07, 6.45) is 2.67. The highest BCUT2D eigenvalue weighted by Gasteiger charge is 2.30. The van der Waals surface area contributed by atoms with Gasteiger partial charge in [-0.3, -0.25) is 0 Å². The van der Waals surface area contributed by atoms with Gasteiger partial charge in [0.2, 0.25) is 0 Å². The Morgan fingerprint density at radius 2 is 2.20 bits per heavy atom. The second kappa shape index (κ2) is 3.44. The predicted molar refractivity (Wildman–Crippen MR) is 64.5 cm³/mol. The van der Waals surface area contributed by atoms with Crippen molar-refractivity contribution >= 4 is 11.4 Å². The molecule has 1 fully saturated rings. The van der Waals surface area contributed by atoms with E-state index in [1.54, 1.807) is 0 Å². The molecule has 0 aromatic heterocycles. The first kappa shape index (κ1) is 9.08. The molecule has 1 N–H and O–H groups in total. The van der Waals surface area contributed by atoms with E-state index in [1.807, 2.05) is 0 Å². The summed E-state index contributed by atoms with van der Waals surface area (Å²) < 4.78 is 0. The van der Waals surface area contributed by atoms with Gasteiger partial charge in [0.25, 0.3) is 0 Å². The van der Waals surface area contributed by atoms with Gasteiger partial charge in [-0.25, -0.2) is 0 Å². The maximum atomic E-state index is 3.54. The van der Waals surface area contributed by atoms with E-state index in [0.717, 1.165) is 12.5 Å². The first-order valence-corrected chi connectivity index (χ1v) is 5.94. The number of para-hydroxylation sites is 2. The van der Waals surface area contributed by atoms with E-state index in [0.29, 0.717) is 6.04 Å². The van der Waals surface area contributed by atoms with Crippen molar-refractivity contribution in [1.29, 1.82) is 0 Å². The van der Waals surface area contributed by atoms with Crippen LogP contribution < -0.4 is 10.2 Å². The molecule has 2 heterocycles. The largest absolute Gasteiger partial charge is 0.381 e. The van der Waals surface area contributed by atoms with Gasteiger partial charge in [-0.2, -0.15) is 0 Å². The van der Waals surface area contributed by atoms with Crippen molar-refractivity contribution < 1.29 is 0 Å². The van der Waals surface area contributed by atoms with Crippen LogP contribution in [0.1, 0.15) is 19.8 Å². The molecular formula is C13H18N2. The van der Waals surface area contributed by atoms with Crippen LogP contribution in [0, 0.1) is 5.92 Å². The van der Waals surface area contributed by atoms with Gasteiger partial charge >= 0.3 is 0 Å². The smallest absolute Gasteiger partial charge is 0.0605 e. The summed E-state index contributed by atoms with van der Waals surface area (Å²) in [6.45, 7) is 4.71. The normalized spacial score (nSPS) is 29.0. The van der Waals surface area contributed by atoms with Crippen molar-refractivity contribution in [2.45, 2.75) is 25.8 Å². The van der Waals surface area contributed by atoms with Crippen molar-refractivity contribution in [3.05, 3.63) is 24.3 Å². The van der Waals surface area contributed by atoms with Crippen molar-refractivity contribution in [3.8, 4) is 0 Å². The SMILES string of the molecule is C[C@H]1CCN2c3ccccc3NC[C@@H]2C1. The Morgan fingerprint density at radius 1 is 1.33 bits per heavy atom. The highest BCUT2D eigenvalue weighted by atomic mass is 15.2. The number of nitrogens with zero attached hydrogens (tertiary/aromatic N) is 1. The zero-order valence-electron chi connectivity index (χ0n) is 9.24. The van der Waals surface area contributed by atoms with Gasteiger partial charge in [0.15, 0.2) is 0 Å². The Hall–Kier alpha value is -1.18. The maximum absolute atomic E-state index is 3.54. The molecule has 2 aliphatic heterocycles. The molecule has 0 aliphatic carbocycles. The fourth-order valence-electron chi connectivity index (χ4n) is 2.86. The van der Waals surface area contributed by atoms with Crippen molar-refractivity contribution in [2.75, 3.05) is 23.3 Å². The van der Waals surface area contributed by atoms with Crippen molar-refractivity contribution in [1.82, 2.24) is 0 Å². The highest BCUT2D eigenvalue weighted by molar-refractivity contribution is 5.72. The standard InChI is InChI=1S/C13H18N2/c1-10-6-7-15-11(8-10)9-14-12-4-2-3-5-13(12)15/h2-5,10-11,14H,6-9H2,1H3/t10-,11-/m0/s1. The van der Waals surface area contributed by atoms with Crippen LogP contribution in [0.5, 0.6) is 0 Å². The lowest BCUT2D eigenvalue weighted by Crippen LogP contribution is -2.48. The number of rotatable bonds is 0. The molecule has 15 heavy (non-hydrogen) atoms. The van der Waals surface area contributed by atoms with E-state index in [4.69, 9.17) is 0 Å². The van der Waals surface area contributed by atoms with Crippen LogP contribution in [-0.4, -0.2) is 19.1 Å². The summed E-state index contributed by atoms with van der Waals surface area (Å²) >= 11 is 0. The number of anilines is 2. The third kappa shape index (κ3) is 1.48. The number of hydrogen-bond acceptors (Lipinski definition) is 2. The molecule has 1 aromatic carbocycles. The van der Waals surface area contributed by atoms with Crippen LogP contribution in [0.3, 0.4) is 0 Å². The molecule has 0 spiro atoms. The van der Waals surface area contributed by atoms with E-state index >= 15 is 0 Å². The molecule has 1 saturated heterocycles. The van der Waals surface area contributed by atoms with E-state index in [-0.39, 0.29) is 0 Å². The highest BCUT2D eigenvalue weighted by Crippen LogP contribution is 2.36. The minimum atomic E-state index is 0.712. The molecule has 0 unspecified atom stereocenters. The second-order valence-corrected chi connectivity index (χ2v) is 4.87. The molecule has 0 saturated carbocycles. The summed E-state index contributed by atoms with van der Waals surface area (Å²) in [6, 6.07) is 9.39. The first-order valence-electron chi connectivity index (χ1n) is 5.94. The lowest BCUT2D eigenvalue weighted by atomic mass is 9.90. The fourth-order valence-corrected chi connectivity index (χ4v) is 2.86. The number of fused-ring (bicyclic) bond motifs is 3. The molecule has 2 heteroatoms. The lowest BCUT2D eigenvalue weighted by Gasteiger charge is -2.44. The maximum Gasteiger partial charge on any atom is 0.0605 e. The third-order valence-corrected chi connectivity index (χ3v) is 3.72. The Morgan fingerprint density at radius 3 is 3.13 bits per heavy atom. The van der Waals surface area contributed by atoms with Crippen LogP contribution in [0.25, 0.3) is 0 Å². The zero-order valence-corrected chi connectivity index (χ0v) is 9.24. The number of hydrogen-bond donors (Lipinski definition) is 1. The summed E-state index contributed by atoms with van der Waals surface area (Å²) in [5.41, 5.74) is 2.71. The van der Waals surface area contributed by atoms with Crippen LogP contribution in [0.4, 0.5) is 11.4 Å². The van der Waals surface area contributed by atoms with Crippen molar-refractivity contribution in [2.24, 2.45) is 5.92 Å².